The summed E-state index contributed by atoms with van der Waals surface area (Å²) in [6.07, 6.45) is 0.645. The Kier molecular flexibility index (Phi) is 6.53. The standard InChI is InChI=1S/C15H14Cl3NO2S/c16-11-3-1-9(2-4-11)5-10(8-20)7-19-15(21)12-6-13(17)22-14(12)18/h1-4,6,10,20H,5,7-8H2,(H,19,21)/t10-/m1/s1. The molecule has 0 aliphatic heterocycles. The van der Waals surface area contributed by atoms with Gasteiger partial charge in [0.15, 0.2) is 0 Å². The van der Waals surface area contributed by atoms with Gasteiger partial charge in [-0.05, 0) is 30.2 Å². The van der Waals surface area contributed by atoms with Crippen molar-refractivity contribution in [2.24, 2.45) is 5.92 Å². The van der Waals surface area contributed by atoms with Gasteiger partial charge in [0, 0.05) is 24.1 Å². The van der Waals surface area contributed by atoms with E-state index in [4.69, 9.17) is 34.8 Å². The Balaban J connectivity index is 1.92. The molecule has 1 aromatic carbocycles. The fourth-order valence-corrected chi connectivity index (χ4v) is 3.57. The number of benzene rings is 1. The van der Waals surface area contributed by atoms with Crippen LogP contribution in [0, 0.1) is 5.92 Å². The SMILES string of the molecule is O=C(NC[C@H](CO)Cc1ccc(Cl)cc1)c1cc(Cl)sc1Cl. The molecule has 22 heavy (non-hydrogen) atoms. The minimum atomic E-state index is -0.289. The van der Waals surface area contributed by atoms with Crippen molar-refractivity contribution >= 4 is 52.0 Å². The van der Waals surface area contributed by atoms with Crippen LogP contribution >= 0.6 is 46.1 Å². The lowest BCUT2D eigenvalue weighted by Crippen LogP contribution is -2.31. The molecule has 0 unspecified atom stereocenters. The second-order valence-corrected chi connectivity index (χ2v) is 7.55. The smallest absolute Gasteiger partial charge is 0.253 e. The average Bonchev–Trinajstić information content (AvgIpc) is 2.84. The van der Waals surface area contributed by atoms with Gasteiger partial charge in [-0.25, -0.2) is 0 Å². The predicted molar refractivity (Wildman–Crippen MR) is 92.4 cm³/mol. The van der Waals surface area contributed by atoms with Crippen LogP contribution in [0.3, 0.4) is 0 Å². The maximum absolute atomic E-state index is 12.0. The van der Waals surface area contributed by atoms with Crippen molar-refractivity contribution in [1.29, 1.82) is 0 Å². The van der Waals surface area contributed by atoms with Crippen molar-refractivity contribution in [2.75, 3.05) is 13.2 Å². The van der Waals surface area contributed by atoms with Crippen LogP contribution < -0.4 is 5.32 Å². The number of thiophene rings is 1. The highest BCUT2D eigenvalue weighted by Gasteiger charge is 2.16. The van der Waals surface area contributed by atoms with E-state index in [9.17, 15) is 9.90 Å². The summed E-state index contributed by atoms with van der Waals surface area (Å²) in [6.45, 7) is 0.322. The van der Waals surface area contributed by atoms with E-state index in [0.717, 1.165) is 16.9 Å². The van der Waals surface area contributed by atoms with E-state index in [1.165, 1.54) is 6.07 Å². The number of amides is 1. The van der Waals surface area contributed by atoms with Crippen LogP contribution in [-0.2, 0) is 6.42 Å². The predicted octanol–water partition coefficient (Wildman–Crippen LogP) is 4.29. The van der Waals surface area contributed by atoms with E-state index in [1.807, 2.05) is 12.1 Å². The molecule has 3 nitrogen and oxygen atoms in total. The van der Waals surface area contributed by atoms with Gasteiger partial charge in [-0.15, -0.1) is 11.3 Å². The zero-order chi connectivity index (χ0) is 16.1. The fourth-order valence-electron chi connectivity index (χ4n) is 1.98. The molecule has 1 atom stereocenters. The van der Waals surface area contributed by atoms with Crippen molar-refractivity contribution in [3.63, 3.8) is 0 Å². The first-order valence-corrected chi connectivity index (χ1v) is 8.53. The van der Waals surface area contributed by atoms with Crippen LogP contribution in [0.2, 0.25) is 13.7 Å². The van der Waals surface area contributed by atoms with Crippen molar-refractivity contribution in [1.82, 2.24) is 5.32 Å². The second kappa shape index (κ2) is 8.18. The number of nitrogens with one attached hydrogen (secondary N) is 1. The first-order chi connectivity index (χ1) is 10.5. The van der Waals surface area contributed by atoms with Crippen LogP contribution in [0.5, 0.6) is 0 Å². The highest BCUT2D eigenvalue weighted by molar-refractivity contribution is 7.20. The Morgan fingerprint density at radius 1 is 1.23 bits per heavy atom. The van der Waals surface area contributed by atoms with Gasteiger partial charge in [0.1, 0.15) is 4.34 Å². The lowest BCUT2D eigenvalue weighted by Gasteiger charge is -2.15. The summed E-state index contributed by atoms with van der Waals surface area (Å²) in [6, 6.07) is 8.95. The summed E-state index contributed by atoms with van der Waals surface area (Å²) < 4.78 is 0.829. The zero-order valence-corrected chi connectivity index (χ0v) is 14.6. The number of carbonyl (C=O) groups is 1. The first-order valence-electron chi connectivity index (χ1n) is 6.58. The Bertz CT molecular complexity index is 643. The van der Waals surface area contributed by atoms with Gasteiger partial charge in [0.25, 0.3) is 5.91 Å². The molecule has 2 aromatic rings. The largest absolute Gasteiger partial charge is 0.396 e. The minimum absolute atomic E-state index is 0.0268. The minimum Gasteiger partial charge on any atom is -0.396 e. The number of carbonyl (C=O) groups excluding carboxylic acids is 1. The first kappa shape index (κ1) is 17.6. The molecule has 0 radical (unpaired) electrons. The fraction of sp³-hybridized carbons (Fsp3) is 0.267. The van der Waals surface area contributed by atoms with Gasteiger partial charge < -0.3 is 10.4 Å². The van der Waals surface area contributed by atoms with Crippen molar-refractivity contribution < 1.29 is 9.90 Å². The molecular weight excluding hydrogens is 365 g/mol. The van der Waals surface area contributed by atoms with Gasteiger partial charge in [-0.2, -0.15) is 0 Å². The van der Waals surface area contributed by atoms with Crippen LogP contribution in [0.1, 0.15) is 15.9 Å². The van der Waals surface area contributed by atoms with E-state index in [2.05, 4.69) is 5.32 Å². The van der Waals surface area contributed by atoms with Crippen molar-refractivity contribution in [3.05, 3.63) is 55.2 Å². The topological polar surface area (TPSA) is 49.3 Å². The van der Waals surface area contributed by atoms with Crippen LogP contribution in [0.25, 0.3) is 0 Å². The lowest BCUT2D eigenvalue weighted by molar-refractivity contribution is 0.0940. The van der Waals surface area contributed by atoms with Crippen molar-refractivity contribution in [2.45, 2.75) is 6.42 Å². The van der Waals surface area contributed by atoms with Gasteiger partial charge in [0.2, 0.25) is 0 Å². The van der Waals surface area contributed by atoms with Crippen LogP contribution in [0.15, 0.2) is 30.3 Å². The Morgan fingerprint density at radius 2 is 1.91 bits per heavy atom. The highest BCUT2D eigenvalue weighted by atomic mass is 35.5. The third kappa shape index (κ3) is 4.86. The summed E-state index contributed by atoms with van der Waals surface area (Å²) in [7, 11) is 0. The third-order valence-electron chi connectivity index (χ3n) is 3.15. The maximum atomic E-state index is 12.0. The molecule has 1 aromatic heterocycles. The van der Waals surface area contributed by atoms with Gasteiger partial charge in [-0.3, -0.25) is 4.79 Å². The van der Waals surface area contributed by atoms with E-state index < -0.39 is 0 Å². The molecule has 0 saturated carbocycles. The third-order valence-corrected chi connectivity index (χ3v) is 4.89. The van der Waals surface area contributed by atoms with Crippen LogP contribution in [-0.4, -0.2) is 24.2 Å². The van der Waals surface area contributed by atoms with Gasteiger partial charge in [0.05, 0.1) is 9.90 Å². The molecule has 118 valence electrons. The molecule has 0 saturated heterocycles. The van der Waals surface area contributed by atoms with E-state index in [-0.39, 0.29) is 18.4 Å². The lowest BCUT2D eigenvalue weighted by atomic mass is 10.00. The second-order valence-electron chi connectivity index (χ2n) is 4.83. The molecule has 1 amide bonds. The quantitative estimate of drug-likeness (QED) is 0.788. The van der Waals surface area contributed by atoms with Crippen molar-refractivity contribution in [3.8, 4) is 0 Å². The summed E-state index contributed by atoms with van der Waals surface area (Å²) in [5.41, 5.74) is 1.41. The Morgan fingerprint density at radius 3 is 2.45 bits per heavy atom. The average molecular weight is 379 g/mol. The summed E-state index contributed by atoms with van der Waals surface area (Å²) in [5, 5.41) is 12.9. The Labute approximate surface area is 147 Å². The molecule has 0 aliphatic carbocycles. The van der Waals surface area contributed by atoms with Gasteiger partial charge in [-0.1, -0.05) is 46.9 Å². The number of halogens is 3. The summed E-state index contributed by atoms with van der Waals surface area (Å²) in [4.78, 5) is 12.0. The zero-order valence-electron chi connectivity index (χ0n) is 11.5. The van der Waals surface area contributed by atoms with Gasteiger partial charge >= 0.3 is 0 Å². The molecule has 1 heterocycles. The van der Waals surface area contributed by atoms with Crippen LogP contribution in [0.4, 0.5) is 0 Å². The van der Waals surface area contributed by atoms with E-state index in [0.29, 0.717) is 32.2 Å². The molecule has 7 heteroatoms. The summed E-state index contributed by atoms with van der Waals surface area (Å²) in [5.74, 6) is -0.374. The number of hydrogen-bond acceptors (Lipinski definition) is 3. The number of hydrogen-bond donors (Lipinski definition) is 2. The Hall–Kier alpha value is -0.780. The number of rotatable bonds is 6. The number of aliphatic hydroxyl groups is 1. The normalized spacial score (nSPS) is 12.2. The molecule has 0 spiro atoms. The molecular formula is C15H14Cl3NO2S. The molecule has 0 bridgehead atoms. The summed E-state index contributed by atoms with van der Waals surface area (Å²) >= 11 is 18.8. The maximum Gasteiger partial charge on any atom is 0.253 e. The van der Waals surface area contributed by atoms with E-state index >= 15 is 0 Å². The molecule has 2 rings (SSSR count). The highest BCUT2D eigenvalue weighted by Crippen LogP contribution is 2.31. The molecule has 0 aliphatic rings. The molecule has 0 fully saturated rings. The van der Waals surface area contributed by atoms with E-state index in [1.54, 1.807) is 12.1 Å². The number of aliphatic hydroxyl groups excluding tert-OH is 1. The monoisotopic (exact) mass is 377 g/mol. The molecule has 2 N–H and O–H groups in total.